The summed E-state index contributed by atoms with van der Waals surface area (Å²) in [6.07, 6.45) is 2.92. The first-order chi connectivity index (χ1) is 10.9. The summed E-state index contributed by atoms with van der Waals surface area (Å²) in [5, 5.41) is 32.3. The minimum absolute atomic E-state index is 0.00397. The zero-order valence-corrected chi connectivity index (χ0v) is 15.7. The van der Waals surface area contributed by atoms with Crippen LogP contribution in [0.4, 0.5) is 0 Å². The van der Waals surface area contributed by atoms with E-state index < -0.39 is 29.5 Å². The Morgan fingerprint density at radius 2 is 1.67 bits per heavy atom. The number of aliphatic hydroxyl groups excluding tert-OH is 3. The normalized spacial score (nSPS) is 56.9. The van der Waals surface area contributed by atoms with E-state index in [1.54, 1.807) is 6.08 Å². The van der Waals surface area contributed by atoms with Crippen molar-refractivity contribution in [3.05, 3.63) is 12.7 Å². The summed E-state index contributed by atoms with van der Waals surface area (Å²) in [4.78, 5) is 0. The van der Waals surface area contributed by atoms with E-state index in [-0.39, 0.29) is 22.7 Å². The second-order valence-corrected chi connectivity index (χ2v) is 9.74. The first kappa shape index (κ1) is 18.4. The van der Waals surface area contributed by atoms with Gasteiger partial charge in [0.25, 0.3) is 0 Å². The second-order valence-electron chi connectivity index (χ2n) is 9.74. The van der Waals surface area contributed by atoms with E-state index in [9.17, 15) is 15.3 Å². The fourth-order valence-corrected chi connectivity index (χ4v) is 6.57. The van der Waals surface area contributed by atoms with Crippen LogP contribution in [0.15, 0.2) is 12.7 Å². The second kappa shape index (κ2) is 5.29. The summed E-state index contributed by atoms with van der Waals surface area (Å²) in [7, 11) is 0. The van der Waals surface area contributed by atoms with Gasteiger partial charge in [0.15, 0.2) is 0 Å². The average Bonchev–Trinajstić information content (AvgIpc) is 2.45. The predicted octanol–water partition coefficient (Wildman–Crippen LogP) is 2.66. The summed E-state index contributed by atoms with van der Waals surface area (Å²) in [5.74, 6) is 0.143. The van der Waals surface area contributed by atoms with E-state index in [0.717, 1.165) is 12.8 Å². The average molecular weight is 338 g/mol. The molecule has 1 aliphatic heterocycles. The van der Waals surface area contributed by atoms with Crippen molar-refractivity contribution in [1.29, 1.82) is 0 Å². The van der Waals surface area contributed by atoms with Crippen LogP contribution in [-0.4, -0.2) is 44.8 Å². The highest BCUT2D eigenvalue weighted by Gasteiger charge is 2.67. The Hall–Kier alpha value is -0.420. The molecule has 0 spiro atoms. The smallest absolute Gasteiger partial charge is 0.110 e. The van der Waals surface area contributed by atoms with E-state index in [0.29, 0.717) is 12.8 Å². The minimum atomic E-state index is -0.780. The lowest BCUT2D eigenvalue weighted by atomic mass is 9.43. The molecule has 1 saturated heterocycles. The molecule has 2 saturated carbocycles. The summed E-state index contributed by atoms with van der Waals surface area (Å²) >= 11 is 0. The molecule has 24 heavy (non-hydrogen) atoms. The number of fused-ring (bicyclic) bond motifs is 3. The zero-order chi connectivity index (χ0) is 18.1. The molecule has 8 atom stereocenters. The molecule has 0 bridgehead atoms. The van der Waals surface area contributed by atoms with Crippen LogP contribution in [0.3, 0.4) is 0 Å². The monoisotopic (exact) mass is 338 g/mol. The molecule has 3 N–H and O–H groups in total. The highest BCUT2D eigenvalue weighted by molar-refractivity contribution is 5.17. The molecule has 0 aromatic rings. The van der Waals surface area contributed by atoms with Gasteiger partial charge in [-0.15, -0.1) is 6.58 Å². The number of hydrogen-bond acceptors (Lipinski definition) is 4. The molecule has 4 heteroatoms. The molecule has 3 rings (SSSR count). The van der Waals surface area contributed by atoms with Gasteiger partial charge in [-0.2, -0.15) is 0 Å². The lowest BCUT2D eigenvalue weighted by Crippen LogP contribution is -2.70. The van der Waals surface area contributed by atoms with Crippen molar-refractivity contribution in [3.63, 3.8) is 0 Å². The van der Waals surface area contributed by atoms with Crippen LogP contribution in [0.2, 0.25) is 0 Å². The number of ether oxygens (including phenoxy) is 1. The van der Waals surface area contributed by atoms with Gasteiger partial charge in [0.2, 0.25) is 0 Å². The highest BCUT2D eigenvalue weighted by atomic mass is 16.5. The van der Waals surface area contributed by atoms with Crippen molar-refractivity contribution in [2.75, 3.05) is 0 Å². The molecule has 1 heterocycles. The van der Waals surface area contributed by atoms with Gasteiger partial charge in [0.1, 0.15) is 5.60 Å². The quantitative estimate of drug-likeness (QED) is 0.643. The Morgan fingerprint density at radius 3 is 2.25 bits per heavy atom. The van der Waals surface area contributed by atoms with E-state index >= 15 is 0 Å². The van der Waals surface area contributed by atoms with Gasteiger partial charge in [-0.05, 0) is 55.8 Å². The zero-order valence-electron chi connectivity index (χ0n) is 15.7. The Morgan fingerprint density at radius 1 is 1.04 bits per heavy atom. The Bertz CT molecular complexity index is 532. The standard InChI is InChI=1S/C20H34O4/c1-7-19(5)15(23)10-13-18(4)9-8-14(22)17(2,3)16(18)12(21)11-20(13,6)24-19/h7,12-16,21-23H,1,8-11H2,2-6H3/t12-,13-,14+,15+,16+,18-,19-,20-/m0/s1. The fraction of sp³-hybridized carbons (Fsp3) is 0.900. The maximum atomic E-state index is 11.1. The van der Waals surface area contributed by atoms with Gasteiger partial charge in [0.05, 0.1) is 23.9 Å². The highest BCUT2D eigenvalue weighted by Crippen LogP contribution is 2.65. The van der Waals surface area contributed by atoms with E-state index in [4.69, 9.17) is 4.74 Å². The maximum Gasteiger partial charge on any atom is 0.110 e. The van der Waals surface area contributed by atoms with Crippen LogP contribution in [0.25, 0.3) is 0 Å². The molecule has 0 unspecified atom stereocenters. The summed E-state index contributed by atoms with van der Waals surface area (Å²) < 4.78 is 6.42. The van der Waals surface area contributed by atoms with Gasteiger partial charge >= 0.3 is 0 Å². The molecule has 0 amide bonds. The largest absolute Gasteiger partial charge is 0.393 e. The molecule has 4 nitrogen and oxygen atoms in total. The summed E-state index contributed by atoms with van der Waals surface area (Å²) in [6.45, 7) is 14.2. The van der Waals surface area contributed by atoms with Crippen molar-refractivity contribution >= 4 is 0 Å². The van der Waals surface area contributed by atoms with Crippen molar-refractivity contribution in [3.8, 4) is 0 Å². The molecule has 3 fully saturated rings. The SMILES string of the molecule is C=C[C@]1(C)O[C@@]2(C)C[C@H](O)[C@@H]3C(C)(C)[C@H](O)CC[C@@]3(C)[C@@H]2C[C@H]1O. The summed E-state index contributed by atoms with van der Waals surface area (Å²) in [6, 6.07) is 0. The van der Waals surface area contributed by atoms with Gasteiger partial charge < -0.3 is 20.1 Å². The van der Waals surface area contributed by atoms with E-state index in [2.05, 4.69) is 34.3 Å². The van der Waals surface area contributed by atoms with Crippen LogP contribution in [0, 0.1) is 22.7 Å². The number of aliphatic hydroxyl groups is 3. The maximum absolute atomic E-state index is 11.1. The first-order valence-corrected chi connectivity index (χ1v) is 9.29. The Balaban J connectivity index is 2.05. The molecule has 0 radical (unpaired) electrons. The molecule has 2 aliphatic carbocycles. The van der Waals surface area contributed by atoms with Crippen molar-refractivity contribution in [2.24, 2.45) is 22.7 Å². The third kappa shape index (κ3) is 2.26. The lowest BCUT2D eigenvalue weighted by Gasteiger charge is -2.67. The Kier molecular flexibility index (Phi) is 4.05. The third-order valence-corrected chi connectivity index (χ3v) is 7.84. The van der Waals surface area contributed by atoms with Gasteiger partial charge in [-0.3, -0.25) is 0 Å². The topological polar surface area (TPSA) is 69.9 Å². The van der Waals surface area contributed by atoms with E-state index in [1.807, 2.05) is 6.92 Å². The molecular weight excluding hydrogens is 304 g/mol. The molecule has 3 aliphatic rings. The first-order valence-electron chi connectivity index (χ1n) is 9.29. The van der Waals surface area contributed by atoms with Crippen LogP contribution in [0.5, 0.6) is 0 Å². The third-order valence-electron chi connectivity index (χ3n) is 7.84. The Labute approximate surface area is 145 Å². The fourth-order valence-electron chi connectivity index (χ4n) is 6.57. The van der Waals surface area contributed by atoms with Crippen molar-refractivity contribution in [2.45, 2.75) is 89.8 Å². The van der Waals surface area contributed by atoms with Crippen molar-refractivity contribution in [1.82, 2.24) is 0 Å². The lowest BCUT2D eigenvalue weighted by molar-refractivity contribution is -0.307. The minimum Gasteiger partial charge on any atom is -0.393 e. The molecule has 0 aromatic heterocycles. The van der Waals surface area contributed by atoms with Crippen LogP contribution >= 0.6 is 0 Å². The van der Waals surface area contributed by atoms with Crippen LogP contribution < -0.4 is 0 Å². The molecular formula is C20H34O4. The molecule has 138 valence electrons. The van der Waals surface area contributed by atoms with Gasteiger partial charge in [-0.1, -0.05) is 26.8 Å². The van der Waals surface area contributed by atoms with Gasteiger partial charge in [-0.25, -0.2) is 0 Å². The van der Waals surface area contributed by atoms with Crippen molar-refractivity contribution < 1.29 is 20.1 Å². The van der Waals surface area contributed by atoms with Gasteiger partial charge in [0, 0.05) is 6.42 Å². The summed E-state index contributed by atoms with van der Waals surface area (Å²) in [5.41, 5.74) is -1.79. The van der Waals surface area contributed by atoms with Crippen LogP contribution in [0.1, 0.15) is 60.3 Å². The number of hydrogen-bond donors (Lipinski definition) is 3. The molecule has 0 aromatic carbocycles. The van der Waals surface area contributed by atoms with Crippen LogP contribution in [-0.2, 0) is 4.74 Å². The predicted molar refractivity (Wildman–Crippen MR) is 93.4 cm³/mol. The van der Waals surface area contributed by atoms with E-state index in [1.165, 1.54) is 0 Å². The number of rotatable bonds is 1.